The van der Waals surface area contributed by atoms with E-state index in [0.29, 0.717) is 17.4 Å². The highest BCUT2D eigenvalue weighted by Gasteiger charge is 2.23. The number of phosphoric ester groups is 1. The summed E-state index contributed by atoms with van der Waals surface area (Å²) < 4.78 is 23.1. The summed E-state index contributed by atoms with van der Waals surface area (Å²) in [7, 11) is 1.22. The van der Waals surface area contributed by atoms with E-state index in [2.05, 4.69) is 67.8 Å². The van der Waals surface area contributed by atoms with Crippen LogP contribution in [0.4, 0.5) is 0 Å². The van der Waals surface area contributed by atoms with Crippen LogP contribution in [0.15, 0.2) is 60.8 Å². The molecule has 3 atom stereocenters. The molecule has 0 heterocycles. The Morgan fingerprint density at radius 1 is 0.660 bits per heavy atom. The van der Waals surface area contributed by atoms with E-state index in [-0.39, 0.29) is 12.5 Å². The molecule has 0 aromatic carbocycles. The van der Waals surface area contributed by atoms with E-state index in [1.807, 2.05) is 27.2 Å². The highest BCUT2D eigenvalue weighted by molar-refractivity contribution is 7.45. The number of allylic oxidation sites excluding steroid dienone is 9. The smallest absolute Gasteiger partial charge is 0.268 e. The van der Waals surface area contributed by atoms with E-state index in [4.69, 9.17) is 9.05 Å². The van der Waals surface area contributed by atoms with Crippen molar-refractivity contribution in [1.82, 2.24) is 5.32 Å². The van der Waals surface area contributed by atoms with Crippen molar-refractivity contribution >= 4 is 13.7 Å². The fourth-order valence-corrected chi connectivity index (χ4v) is 6.22. The zero-order chi connectivity index (χ0) is 39.3. The number of carbonyl (C=O) groups excluding carboxylic acids is 1. The van der Waals surface area contributed by atoms with Gasteiger partial charge < -0.3 is 28.8 Å². The number of unbranched alkanes of at least 4 members (excludes halogenated alkanes) is 16. The van der Waals surface area contributed by atoms with Gasteiger partial charge in [-0.1, -0.05) is 145 Å². The van der Waals surface area contributed by atoms with Crippen molar-refractivity contribution in [2.75, 3.05) is 40.9 Å². The molecular weight excluding hydrogens is 683 g/mol. The van der Waals surface area contributed by atoms with Crippen LogP contribution in [-0.2, 0) is 18.4 Å². The average molecular weight is 765 g/mol. The number of quaternary nitrogens is 1. The molecule has 1 amide bonds. The highest BCUT2D eigenvalue weighted by Crippen LogP contribution is 2.38. The van der Waals surface area contributed by atoms with E-state index in [1.54, 1.807) is 6.08 Å². The summed E-state index contributed by atoms with van der Waals surface area (Å²) in [5, 5.41) is 13.7. The van der Waals surface area contributed by atoms with Crippen LogP contribution in [0.5, 0.6) is 0 Å². The second-order valence-electron chi connectivity index (χ2n) is 15.3. The molecule has 0 aliphatic carbocycles. The molecular formula is C44H81N2O6P. The van der Waals surface area contributed by atoms with Crippen molar-refractivity contribution in [1.29, 1.82) is 0 Å². The molecule has 8 nitrogen and oxygen atoms in total. The Labute approximate surface area is 326 Å². The molecule has 0 aliphatic rings. The molecule has 2 N–H and O–H groups in total. The van der Waals surface area contributed by atoms with Crippen LogP contribution in [0.2, 0.25) is 0 Å². The lowest BCUT2D eigenvalue weighted by molar-refractivity contribution is -0.870. The van der Waals surface area contributed by atoms with Crippen molar-refractivity contribution in [3.63, 3.8) is 0 Å². The van der Waals surface area contributed by atoms with Crippen molar-refractivity contribution < 1.29 is 32.9 Å². The summed E-state index contributed by atoms with van der Waals surface area (Å²) in [4.78, 5) is 25.2. The van der Waals surface area contributed by atoms with Crippen LogP contribution >= 0.6 is 7.82 Å². The molecule has 53 heavy (non-hydrogen) atoms. The van der Waals surface area contributed by atoms with Gasteiger partial charge in [0, 0.05) is 6.42 Å². The second-order valence-corrected chi connectivity index (χ2v) is 16.7. The van der Waals surface area contributed by atoms with E-state index >= 15 is 0 Å². The molecule has 0 aliphatic heterocycles. The van der Waals surface area contributed by atoms with E-state index in [9.17, 15) is 19.4 Å². The summed E-state index contributed by atoms with van der Waals surface area (Å²) >= 11 is 0. The third kappa shape index (κ3) is 38.3. The number of hydrogen-bond donors (Lipinski definition) is 2. The van der Waals surface area contributed by atoms with Crippen molar-refractivity contribution in [2.45, 2.75) is 174 Å². The molecule has 0 saturated heterocycles. The van der Waals surface area contributed by atoms with E-state index < -0.39 is 26.6 Å². The second kappa shape index (κ2) is 35.9. The van der Waals surface area contributed by atoms with Crippen LogP contribution in [-0.4, -0.2) is 68.5 Å². The lowest BCUT2D eigenvalue weighted by atomic mass is 10.1. The number of nitrogens with zero attached hydrogens (tertiary/aromatic N) is 1. The summed E-state index contributed by atoms with van der Waals surface area (Å²) in [6, 6.07) is -0.911. The average Bonchev–Trinajstić information content (AvgIpc) is 3.10. The number of phosphoric acid groups is 1. The minimum absolute atomic E-state index is 0.0123. The first-order valence-corrected chi connectivity index (χ1v) is 22.6. The summed E-state index contributed by atoms with van der Waals surface area (Å²) in [5.41, 5.74) is 0. The Morgan fingerprint density at radius 2 is 1.13 bits per heavy atom. The fourth-order valence-electron chi connectivity index (χ4n) is 5.49. The van der Waals surface area contributed by atoms with Crippen LogP contribution in [0, 0.1) is 0 Å². The van der Waals surface area contributed by atoms with Gasteiger partial charge in [0.1, 0.15) is 13.2 Å². The fraction of sp³-hybridized carbons (Fsp3) is 0.750. The standard InChI is InChI=1S/C44H81N2O6P/c1-6-8-10-12-14-16-18-20-21-22-23-24-25-26-28-30-32-34-36-38-44(48)45-42(41-52-53(49,50)51-40-39-46(3,4)5)43(47)37-35-33-31-29-27-19-17-15-13-11-9-7-2/h13-16,20-21,27,29,35,37,42-43,47H,6-12,17-19,22-26,28,30-34,36,38-41H2,1-5H3,(H-,45,48,49,50)/b15-13+,16-14-,21-20-,29-27+,37-35+. The molecule has 0 aromatic heterocycles. The summed E-state index contributed by atoms with van der Waals surface area (Å²) in [5.74, 6) is -0.221. The minimum Gasteiger partial charge on any atom is -0.756 e. The largest absolute Gasteiger partial charge is 0.756 e. The van der Waals surface area contributed by atoms with Gasteiger partial charge in [0.05, 0.1) is 39.9 Å². The monoisotopic (exact) mass is 765 g/mol. The van der Waals surface area contributed by atoms with Gasteiger partial charge in [0.2, 0.25) is 5.91 Å². The Kier molecular flexibility index (Phi) is 34.7. The molecule has 308 valence electrons. The lowest BCUT2D eigenvalue weighted by Crippen LogP contribution is -2.45. The quantitative estimate of drug-likeness (QED) is 0.0282. The molecule has 0 aromatic rings. The number of aliphatic hydroxyl groups excluding tert-OH is 1. The van der Waals surface area contributed by atoms with Crippen LogP contribution in [0.1, 0.15) is 162 Å². The molecule has 3 unspecified atom stereocenters. The number of nitrogens with one attached hydrogen (secondary N) is 1. The zero-order valence-corrected chi connectivity index (χ0v) is 35.6. The third-order valence-corrected chi connectivity index (χ3v) is 9.89. The zero-order valence-electron chi connectivity index (χ0n) is 34.7. The van der Waals surface area contributed by atoms with Gasteiger partial charge in [-0.3, -0.25) is 9.36 Å². The van der Waals surface area contributed by atoms with Gasteiger partial charge in [-0.2, -0.15) is 0 Å². The maximum atomic E-state index is 12.8. The predicted octanol–water partition coefficient (Wildman–Crippen LogP) is 10.8. The van der Waals surface area contributed by atoms with Crippen LogP contribution in [0.3, 0.4) is 0 Å². The molecule has 0 rings (SSSR count). The Morgan fingerprint density at radius 3 is 1.70 bits per heavy atom. The predicted molar refractivity (Wildman–Crippen MR) is 224 cm³/mol. The van der Waals surface area contributed by atoms with Gasteiger partial charge in [-0.05, 0) is 70.6 Å². The van der Waals surface area contributed by atoms with E-state index in [1.165, 1.54) is 83.5 Å². The normalized spacial score (nSPS) is 15.1. The number of amides is 1. The summed E-state index contributed by atoms with van der Waals surface area (Å²) in [6.45, 7) is 4.51. The van der Waals surface area contributed by atoms with Crippen molar-refractivity contribution in [2.24, 2.45) is 0 Å². The van der Waals surface area contributed by atoms with Gasteiger partial charge in [-0.15, -0.1) is 0 Å². The third-order valence-electron chi connectivity index (χ3n) is 8.93. The Balaban J connectivity index is 4.47. The lowest BCUT2D eigenvalue weighted by Gasteiger charge is -2.29. The molecule has 0 fully saturated rings. The number of hydrogen-bond acceptors (Lipinski definition) is 6. The summed E-state index contributed by atoms with van der Waals surface area (Å²) in [6.07, 6.45) is 45.5. The topological polar surface area (TPSA) is 108 Å². The minimum atomic E-state index is -4.60. The molecule has 0 spiro atoms. The molecule has 0 saturated carbocycles. The Hall–Kier alpha value is -1.80. The molecule has 9 heteroatoms. The van der Waals surface area contributed by atoms with Crippen molar-refractivity contribution in [3.05, 3.63) is 60.8 Å². The van der Waals surface area contributed by atoms with Crippen LogP contribution in [0.25, 0.3) is 0 Å². The van der Waals surface area contributed by atoms with Crippen molar-refractivity contribution in [3.8, 4) is 0 Å². The SMILES string of the molecule is CCCC/C=C/CC/C=C/CC/C=C/C(O)C(COP(=O)([O-])OCC[N+](C)(C)C)NC(=O)CCCCCCCCCCC/C=C\C/C=C\CCCCC. The maximum absolute atomic E-state index is 12.8. The Bertz CT molecular complexity index is 1050. The first-order valence-electron chi connectivity index (χ1n) is 21.2. The number of carbonyl (C=O) groups is 1. The highest BCUT2D eigenvalue weighted by atomic mass is 31.2. The molecule has 0 bridgehead atoms. The van der Waals surface area contributed by atoms with Gasteiger partial charge >= 0.3 is 0 Å². The van der Waals surface area contributed by atoms with Gasteiger partial charge in [-0.25, -0.2) is 0 Å². The van der Waals surface area contributed by atoms with Crippen LogP contribution < -0.4 is 10.2 Å². The first-order chi connectivity index (χ1) is 25.5. The number of rotatable bonds is 37. The maximum Gasteiger partial charge on any atom is 0.268 e. The first kappa shape index (κ1) is 51.2. The number of aliphatic hydroxyl groups is 1. The number of likely N-dealkylation sites (N-methyl/N-ethyl adjacent to an activating group) is 1. The van der Waals surface area contributed by atoms with E-state index in [0.717, 1.165) is 57.8 Å². The van der Waals surface area contributed by atoms with Gasteiger partial charge in [0.15, 0.2) is 0 Å². The van der Waals surface area contributed by atoms with Gasteiger partial charge in [0.25, 0.3) is 7.82 Å². The molecule has 0 radical (unpaired) electrons.